The molecule has 0 fully saturated rings. The summed E-state index contributed by atoms with van der Waals surface area (Å²) in [5.74, 6) is -0.392. The van der Waals surface area contributed by atoms with Gasteiger partial charge in [-0.15, -0.1) is 10.2 Å². The first kappa shape index (κ1) is 23.9. The number of aromatic amines is 1. The van der Waals surface area contributed by atoms with E-state index in [1.54, 1.807) is 24.3 Å². The van der Waals surface area contributed by atoms with Crippen molar-refractivity contribution in [1.29, 1.82) is 0 Å². The van der Waals surface area contributed by atoms with Crippen molar-refractivity contribution in [3.05, 3.63) is 72.1 Å². The predicted molar refractivity (Wildman–Crippen MR) is 118 cm³/mol. The smallest absolute Gasteiger partial charge is 0.326 e. The van der Waals surface area contributed by atoms with Gasteiger partial charge in [0.1, 0.15) is 11.5 Å². The summed E-state index contributed by atoms with van der Waals surface area (Å²) < 4.78 is 51.5. The van der Waals surface area contributed by atoms with Crippen LogP contribution in [0.1, 0.15) is 30.7 Å². The van der Waals surface area contributed by atoms with E-state index in [0.29, 0.717) is 41.6 Å². The summed E-state index contributed by atoms with van der Waals surface area (Å²) in [6.45, 7) is 0. The maximum absolute atomic E-state index is 12.9. The molecule has 0 saturated heterocycles. The summed E-state index contributed by atoms with van der Waals surface area (Å²) in [6, 6.07) is 10.1. The molecule has 0 spiro atoms. The van der Waals surface area contributed by atoms with Gasteiger partial charge < -0.3 is 5.32 Å². The third-order valence-corrected chi connectivity index (χ3v) is 5.13. The molecule has 0 aliphatic heterocycles. The van der Waals surface area contributed by atoms with E-state index >= 15 is 0 Å². The van der Waals surface area contributed by atoms with Crippen LogP contribution in [0, 0.1) is 5.82 Å². The monoisotopic (exact) mass is 485 g/mol. The highest BCUT2D eigenvalue weighted by Crippen LogP contribution is 2.34. The molecular formula is C23H19F4N7O. The molecule has 8 nitrogen and oxygen atoms in total. The van der Waals surface area contributed by atoms with Crippen molar-refractivity contribution in [2.24, 2.45) is 0 Å². The summed E-state index contributed by atoms with van der Waals surface area (Å²) in [7, 11) is 0. The van der Waals surface area contributed by atoms with Gasteiger partial charge in [0.25, 0.3) is 0 Å². The number of hydrogen-bond acceptors (Lipinski definition) is 6. The first-order valence-corrected chi connectivity index (χ1v) is 10.6. The average molecular weight is 485 g/mol. The van der Waals surface area contributed by atoms with Crippen LogP contribution >= 0.6 is 0 Å². The molecule has 0 bridgehead atoms. The lowest BCUT2D eigenvalue weighted by Crippen LogP contribution is -2.11. The molecule has 12 heteroatoms. The van der Waals surface area contributed by atoms with E-state index in [1.807, 2.05) is 0 Å². The minimum Gasteiger partial charge on any atom is -0.326 e. The molecule has 3 aromatic heterocycles. The largest absolute Gasteiger partial charge is 0.433 e. The molecule has 35 heavy (non-hydrogen) atoms. The van der Waals surface area contributed by atoms with Crippen LogP contribution in [-0.4, -0.2) is 36.5 Å². The minimum absolute atomic E-state index is 0.208. The number of amides is 1. The number of tetrazole rings is 1. The number of H-pyrrole nitrogens is 1. The van der Waals surface area contributed by atoms with E-state index in [2.05, 4.69) is 35.9 Å². The molecule has 3 heterocycles. The van der Waals surface area contributed by atoms with Gasteiger partial charge in [0.05, 0.1) is 6.20 Å². The number of unbranched alkanes of at least 4 members (excludes halogenated alkanes) is 1. The highest BCUT2D eigenvalue weighted by molar-refractivity contribution is 5.93. The first-order chi connectivity index (χ1) is 16.8. The van der Waals surface area contributed by atoms with Gasteiger partial charge in [0, 0.05) is 35.1 Å². The maximum atomic E-state index is 12.9. The van der Waals surface area contributed by atoms with Crippen molar-refractivity contribution < 1.29 is 22.4 Å². The molecule has 1 amide bonds. The molecule has 0 unspecified atom stereocenters. The van der Waals surface area contributed by atoms with Gasteiger partial charge in [-0.3, -0.25) is 14.8 Å². The van der Waals surface area contributed by atoms with Crippen molar-refractivity contribution in [1.82, 2.24) is 30.6 Å². The maximum Gasteiger partial charge on any atom is 0.433 e. The minimum atomic E-state index is -4.54. The first-order valence-electron chi connectivity index (χ1n) is 10.6. The number of benzene rings is 1. The van der Waals surface area contributed by atoms with Crippen molar-refractivity contribution in [3.63, 3.8) is 0 Å². The van der Waals surface area contributed by atoms with Crippen molar-refractivity contribution in [2.45, 2.75) is 31.9 Å². The van der Waals surface area contributed by atoms with E-state index in [0.717, 1.165) is 24.2 Å². The lowest BCUT2D eigenvalue weighted by atomic mass is 9.99. The van der Waals surface area contributed by atoms with Crippen molar-refractivity contribution >= 4 is 11.6 Å². The fraction of sp³-hybridized carbons (Fsp3) is 0.217. The van der Waals surface area contributed by atoms with Crippen LogP contribution in [0.2, 0.25) is 0 Å². The molecule has 0 aliphatic carbocycles. The molecule has 0 atom stereocenters. The Morgan fingerprint density at radius 1 is 0.971 bits per heavy atom. The van der Waals surface area contributed by atoms with Crippen LogP contribution in [-0.2, 0) is 17.4 Å². The number of aromatic nitrogens is 6. The van der Waals surface area contributed by atoms with Gasteiger partial charge in [0.2, 0.25) is 11.7 Å². The summed E-state index contributed by atoms with van der Waals surface area (Å²) in [4.78, 5) is 19.9. The summed E-state index contributed by atoms with van der Waals surface area (Å²) in [5, 5.41) is 16.6. The van der Waals surface area contributed by atoms with Gasteiger partial charge >= 0.3 is 6.18 Å². The van der Waals surface area contributed by atoms with E-state index in [9.17, 15) is 22.4 Å². The van der Waals surface area contributed by atoms with E-state index < -0.39 is 17.7 Å². The zero-order valence-corrected chi connectivity index (χ0v) is 18.2. The highest BCUT2D eigenvalue weighted by atomic mass is 19.4. The second-order valence-electron chi connectivity index (χ2n) is 7.65. The van der Waals surface area contributed by atoms with Gasteiger partial charge in [0.15, 0.2) is 0 Å². The van der Waals surface area contributed by atoms with Gasteiger partial charge in [-0.1, -0.05) is 12.1 Å². The number of alkyl halides is 3. The Morgan fingerprint density at radius 2 is 1.83 bits per heavy atom. The Kier molecular flexibility index (Phi) is 7.09. The van der Waals surface area contributed by atoms with Crippen LogP contribution in [0.25, 0.3) is 22.5 Å². The Bertz CT molecular complexity index is 1270. The van der Waals surface area contributed by atoms with Crippen LogP contribution in [0.3, 0.4) is 0 Å². The zero-order chi connectivity index (χ0) is 24.8. The number of carbonyl (C=O) groups excluding carboxylic acids is 1. The van der Waals surface area contributed by atoms with Gasteiger partial charge in [-0.2, -0.15) is 18.4 Å². The molecule has 4 aromatic rings. The molecule has 1 aromatic carbocycles. The lowest BCUT2D eigenvalue weighted by molar-refractivity contribution is -0.141. The van der Waals surface area contributed by atoms with Crippen molar-refractivity contribution in [2.75, 3.05) is 5.32 Å². The fourth-order valence-corrected chi connectivity index (χ4v) is 3.42. The standard InChI is InChI=1S/C23H19F4N7O/c24-15-6-7-16(28-13-15)3-1-2-4-21(35)30-17-8-9-18(19(11-17)22-31-33-34-32-22)14-5-10-20(29-12-14)23(25,26)27/h5-13H,1-4H2,(H,30,35)(H,31,32,33,34). The highest BCUT2D eigenvalue weighted by Gasteiger charge is 2.32. The third kappa shape index (κ3) is 6.22. The quantitative estimate of drug-likeness (QED) is 0.273. The van der Waals surface area contributed by atoms with Crippen molar-refractivity contribution in [3.8, 4) is 22.5 Å². The zero-order valence-electron chi connectivity index (χ0n) is 18.2. The second-order valence-corrected chi connectivity index (χ2v) is 7.65. The molecule has 4 rings (SSSR count). The molecule has 180 valence electrons. The second kappa shape index (κ2) is 10.4. The molecule has 0 saturated carbocycles. The Labute approximate surface area is 196 Å². The van der Waals surface area contributed by atoms with Gasteiger partial charge in [-0.05, 0) is 60.4 Å². The summed E-state index contributed by atoms with van der Waals surface area (Å²) in [5.41, 5.74) is 1.63. The Hall–Kier alpha value is -4.22. The normalized spacial score (nSPS) is 11.4. The SMILES string of the molecule is O=C(CCCCc1ccc(F)cn1)Nc1ccc(-c2ccc(C(F)(F)F)nc2)c(-c2nn[nH]n2)c1. The molecular weight excluding hydrogens is 466 g/mol. The predicted octanol–water partition coefficient (Wildman–Crippen LogP) is 4.83. The van der Waals surface area contributed by atoms with E-state index in [1.165, 1.54) is 12.1 Å². The number of halogens is 4. The number of anilines is 1. The fourth-order valence-electron chi connectivity index (χ4n) is 3.42. The third-order valence-electron chi connectivity index (χ3n) is 5.13. The van der Waals surface area contributed by atoms with E-state index in [-0.39, 0.29) is 18.2 Å². The Morgan fingerprint density at radius 3 is 2.49 bits per heavy atom. The summed E-state index contributed by atoms with van der Waals surface area (Å²) in [6.07, 6.45) is -0.0466. The molecule has 0 aliphatic rings. The number of carbonyl (C=O) groups is 1. The number of rotatable bonds is 8. The Balaban J connectivity index is 1.44. The van der Waals surface area contributed by atoms with Crippen LogP contribution in [0.5, 0.6) is 0 Å². The number of pyridine rings is 2. The molecule has 0 radical (unpaired) electrons. The number of nitrogens with zero attached hydrogens (tertiary/aromatic N) is 5. The number of nitrogens with one attached hydrogen (secondary N) is 2. The van der Waals surface area contributed by atoms with Crippen LogP contribution < -0.4 is 5.32 Å². The lowest BCUT2D eigenvalue weighted by Gasteiger charge is -2.12. The number of hydrogen-bond donors (Lipinski definition) is 2. The number of aryl methyl sites for hydroxylation is 1. The van der Waals surface area contributed by atoms with Gasteiger partial charge in [-0.25, -0.2) is 4.39 Å². The average Bonchev–Trinajstić information content (AvgIpc) is 3.37. The topological polar surface area (TPSA) is 109 Å². The van der Waals surface area contributed by atoms with Crippen LogP contribution in [0.15, 0.2) is 54.9 Å². The van der Waals surface area contributed by atoms with Crippen LogP contribution in [0.4, 0.5) is 23.2 Å². The van der Waals surface area contributed by atoms with E-state index in [4.69, 9.17) is 0 Å². The molecule has 2 N–H and O–H groups in total. The summed E-state index contributed by atoms with van der Waals surface area (Å²) >= 11 is 0.